The summed E-state index contributed by atoms with van der Waals surface area (Å²) in [4.78, 5) is 21.9. The maximum atomic E-state index is 11.4. The molecule has 0 bridgehead atoms. The number of carboxylic acid groups (broad SMARTS) is 1. The van der Waals surface area contributed by atoms with Crippen molar-refractivity contribution in [1.82, 2.24) is 15.1 Å². The Labute approximate surface area is 222 Å². The molecule has 37 heavy (non-hydrogen) atoms. The number of anilines is 1. The monoisotopic (exact) mass is 536 g/mol. The number of methoxy groups -OCH3 is 1. The molecule has 188 valence electrons. The maximum absolute atomic E-state index is 11.4. The van der Waals surface area contributed by atoms with Crippen LogP contribution in [0.1, 0.15) is 40.6 Å². The number of pyridine rings is 2. The number of benzene rings is 1. The minimum atomic E-state index is -1.09. The predicted molar refractivity (Wildman–Crippen MR) is 142 cm³/mol. The molecular formula is C27H22Cl2N4O4. The van der Waals surface area contributed by atoms with Crippen LogP contribution in [-0.4, -0.2) is 46.4 Å². The van der Waals surface area contributed by atoms with Gasteiger partial charge in [0.25, 0.3) is 0 Å². The van der Waals surface area contributed by atoms with Crippen molar-refractivity contribution in [3.63, 3.8) is 0 Å². The van der Waals surface area contributed by atoms with E-state index in [1.807, 2.05) is 18.2 Å². The third-order valence-corrected chi connectivity index (χ3v) is 7.37. The maximum Gasteiger partial charge on any atom is 0.354 e. The van der Waals surface area contributed by atoms with E-state index >= 15 is 0 Å². The van der Waals surface area contributed by atoms with Crippen molar-refractivity contribution >= 4 is 51.8 Å². The van der Waals surface area contributed by atoms with Crippen LogP contribution in [0.5, 0.6) is 5.75 Å². The summed E-state index contributed by atoms with van der Waals surface area (Å²) in [5.74, 6) is 0.990. The molecular weight excluding hydrogens is 515 g/mol. The van der Waals surface area contributed by atoms with Crippen molar-refractivity contribution in [2.24, 2.45) is 5.92 Å². The van der Waals surface area contributed by atoms with Gasteiger partial charge in [-0.15, -0.1) is 0 Å². The lowest BCUT2D eigenvalue weighted by atomic mass is 9.96. The van der Waals surface area contributed by atoms with Gasteiger partial charge in [-0.25, -0.2) is 9.78 Å². The van der Waals surface area contributed by atoms with Gasteiger partial charge in [0.1, 0.15) is 17.2 Å². The molecule has 4 aromatic rings. The van der Waals surface area contributed by atoms with Crippen LogP contribution < -0.4 is 9.64 Å². The first kappa shape index (κ1) is 23.8. The summed E-state index contributed by atoms with van der Waals surface area (Å²) in [6.07, 6.45) is 9.54. The van der Waals surface area contributed by atoms with Crippen LogP contribution in [0, 0.1) is 5.92 Å². The van der Waals surface area contributed by atoms with Gasteiger partial charge < -0.3 is 19.3 Å². The highest BCUT2D eigenvalue weighted by atomic mass is 35.5. The Balaban J connectivity index is 1.23. The number of carboxylic acids is 1. The molecule has 0 atom stereocenters. The number of rotatable bonds is 7. The van der Waals surface area contributed by atoms with E-state index in [9.17, 15) is 9.90 Å². The van der Waals surface area contributed by atoms with Crippen molar-refractivity contribution in [2.45, 2.75) is 18.8 Å². The van der Waals surface area contributed by atoms with Gasteiger partial charge in [0.2, 0.25) is 0 Å². The largest absolute Gasteiger partial charge is 0.496 e. The number of hydrogen-bond donors (Lipinski definition) is 1. The van der Waals surface area contributed by atoms with Crippen LogP contribution in [-0.2, 0) is 0 Å². The molecule has 2 fully saturated rings. The Kier molecular flexibility index (Phi) is 6.01. The van der Waals surface area contributed by atoms with Crippen LogP contribution in [0.15, 0.2) is 47.3 Å². The highest BCUT2D eigenvalue weighted by molar-refractivity contribution is 6.39. The van der Waals surface area contributed by atoms with E-state index in [2.05, 4.69) is 32.2 Å². The van der Waals surface area contributed by atoms with Crippen molar-refractivity contribution < 1.29 is 19.2 Å². The lowest BCUT2D eigenvalue weighted by Crippen LogP contribution is -2.45. The number of aromatic carboxylic acids is 1. The number of halogens is 2. The smallest absolute Gasteiger partial charge is 0.354 e. The first-order valence-corrected chi connectivity index (χ1v) is 12.6. The Morgan fingerprint density at radius 3 is 2.62 bits per heavy atom. The summed E-state index contributed by atoms with van der Waals surface area (Å²) in [7, 11) is 1.53. The SMILES string of the molecule is COc1cc(C(=O)O)nc2ccc(N3CC(/C=C/c4c(-c5c(Cl)cncc5Cl)noc4C4CC4)C3)cc12. The average Bonchev–Trinajstić information content (AvgIpc) is 3.62. The number of hydrogen-bond acceptors (Lipinski definition) is 7. The molecule has 1 aliphatic heterocycles. The van der Waals surface area contributed by atoms with Crippen molar-refractivity contribution in [3.8, 4) is 17.0 Å². The fourth-order valence-corrected chi connectivity index (χ4v) is 5.21. The molecule has 10 heteroatoms. The lowest BCUT2D eigenvalue weighted by Gasteiger charge is -2.39. The Bertz CT molecular complexity index is 1540. The molecule has 4 heterocycles. The minimum Gasteiger partial charge on any atom is -0.496 e. The fourth-order valence-electron chi connectivity index (χ4n) is 4.66. The first-order chi connectivity index (χ1) is 17.9. The van der Waals surface area contributed by atoms with Crippen LogP contribution in [0.25, 0.3) is 28.2 Å². The van der Waals surface area contributed by atoms with Crippen LogP contribution in [0.3, 0.4) is 0 Å². The number of nitrogens with zero attached hydrogens (tertiary/aromatic N) is 4. The molecule has 2 aliphatic rings. The zero-order valence-electron chi connectivity index (χ0n) is 19.8. The number of ether oxygens (including phenoxy) is 1. The van der Waals surface area contributed by atoms with Gasteiger partial charge >= 0.3 is 5.97 Å². The molecule has 0 amide bonds. The highest BCUT2D eigenvalue weighted by Crippen LogP contribution is 2.46. The molecule has 1 saturated heterocycles. The van der Waals surface area contributed by atoms with E-state index in [4.69, 9.17) is 32.5 Å². The van der Waals surface area contributed by atoms with Gasteiger partial charge in [-0.3, -0.25) is 4.98 Å². The molecule has 8 nitrogen and oxygen atoms in total. The number of carbonyl (C=O) groups is 1. The quantitative estimate of drug-likeness (QED) is 0.292. The Morgan fingerprint density at radius 1 is 1.19 bits per heavy atom. The predicted octanol–water partition coefficient (Wildman–Crippen LogP) is 6.33. The Hall–Kier alpha value is -3.62. The van der Waals surface area contributed by atoms with Crippen LogP contribution in [0.2, 0.25) is 10.0 Å². The van der Waals surface area contributed by atoms with E-state index in [-0.39, 0.29) is 5.69 Å². The second kappa shape index (κ2) is 9.36. The number of aromatic nitrogens is 3. The molecule has 0 unspecified atom stereocenters. The first-order valence-electron chi connectivity index (χ1n) is 11.9. The molecule has 0 radical (unpaired) electrons. The summed E-state index contributed by atoms with van der Waals surface area (Å²) < 4.78 is 11.2. The molecule has 3 aromatic heterocycles. The molecule has 0 spiro atoms. The van der Waals surface area contributed by atoms with Crippen LogP contribution >= 0.6 is 23.2 Å². The van der Waals surface area contributed by atoms with Gasteiger partial charge in [0, 0.05) is 65.6 Å². The van der Waals surface area contributed by atoms with Crippen molar-refractivity contribution in [3.05, 3.63) is 69.8 Å². The highest BCUT2D eigenvalue weighted by Gasteiger charge is 2.33. The summed E-state index contributed by atoms with van der Waals surface area (Å²) >= 11 is 12.8. The third kappa shape index (κ3) is 4.40. The molecule has 1 aromatic carbocycles. The van der Waals surface area contributed by atoms with Gasteiger partial charge in [-0.2, -0.15) is 0 Å². The van der Waals surface area contributed by atoms with E-state index < -0.39 is 5.97 Å². The van der Waals surface area contributed by atoms with Gasteiger partial charge in [0.15, 0.2) is 5.69 Å². The lowest BCUT2D eigenvalue weighted by molar-refractivity contribution is 0.0690. The molecule has 1 N–H and O–H groups in total. The summed E-state index contributed by atoms with van der Waals surface area (Å²) in [5.41, 5.74) is 3.76. The topological polar surface area (TPSA) is 102 Å². The number of fused-ring (bicyclic) bond motifs is 1. The second-order valence-corrected chi connectivity index (χ2v) is 10.1. The summed E-state index contributed by atoms with van der Waals surface area (Å²) in [5, 5.41) is 15.3. The molecule has 1 saturated carbocycles. The van der Waals surface area contributed by atoms with Gasteiger partial charge in [-0.05, 0) is 31.0 Å². The van der Waals surface area contributed by atoms with E-state index in [1.165, 1.54) is 13.2 Å². The van der Waals surface area contributed by atoms with Gasteiger partial charge in [-0.1, -0.05) is 40.5 Å². The van der Waals surface area contributed by atoms with Crippen LogP contribution in [0.4, 0.5) is 5.69 Å². The van der Waals surface area contributed by atoms with E-state index in [0.717, 1.165) is 48.3 Å². The average molecular weight is 537 g/mol. The Morgan fingerprint density at radius 2 is 1.95 bits per heavy atom. The van der Waals surface area contributed by atoms with Gasteiger partial charge in [0.05, 0.1) is 22.7 Å². The fraction of sp³-hybridized carbons (Fsp3) is 0.259. The van der Waals surface area contributed by atoms with E-state index in [1.54, 1.807) is 12.4 Å². The molecule has 6 rings (SSSR count). The normalized spacial score (nSPS) is 15.9. The zero-order chi connectivity index (χ0) is 25.7. The summed E-state index contributed by atoms with van der Waals surface area (Å²) in [6.45, 7) is 1.67. The van der Waals surface area contributed by atoms with E-state index in [0.29, 0.717) is 44.4 Å². The molecule has 1 aliphatic carbocycles. The third-order valence-electron chi connectivity index (χ3n) is 6.80. The minimum absolute atomic E-state index is 0.0423. The van der Waals surface area contributed by atoms with Crippen molar-refractivity contribution in [1.29, 1.82) is 0 Å². The summed E-state index contributed by atoms with van der Waals surface area (Å²) in [6, 6.07) is 7.22. The second-order valence-electron chi connectivity index (χ2n) is 9.30. The standard InChI is InChI=1S/C27H22Cl2N4O4/c1-36-23-9-22(27(34)35)31-21-7-5-16(8-18(21)23)33-12-14(13-33)2-6-17-25(32-37-26(17)15-3-4-15)24-19(28)10-30-11-20(24)29/h2,5-11,14-15H,3-4,12-13H2,1H3,(H,34,35)/b6-2+. The zero-order valence-corrected chi connectivity index (χ0v) is 21.3. The van der Waals surface area contributed by atoms with Crippen molar-refractivity contribution in [2.75, 3.05) is 25.1 Å².